The summed E-state index contributed by atoms with van der Waals surface area (Å²) in [6.07, 6.45) is 4.09. The van der Waals surface area contributed by atoms with Gasteiger partial charge in [0.2, 0.25) is 0 Å². The number of hydrogen-bond donors (Lipinski definition) is 1. The first-order valence-corrected chi connectivity index (χ1v) is 7.38. The molecule has 1 aromatic heterocycles. The van der Waals surface area contributed by atoms with Crippen molar-refractivity contribution in [1.29, 1.82) is 0 Å². The maximum atomic E-state index is 12.0. The minimum absolute atomic E-state index is 0.131. The lowest BCUT2D eigenvalue weighted by molar-refractivity contribution is -0.142. The maximum Gasteiger partial charge on any atom is 0.314 e. The molecule has 4 heteroatoms. The zero-order valence-corrected chi connectivity index (χ0v) is 12.4. The van der Waals surface area contributed by atoms with Gasteiger partial charge in [-0.2, -0.15) is 0 Å². The molecule has 0 radical (unpaired) electrons. The average Bonchev–Trinajstić information content (AvgIpc) is 2.63. The van der Waals surface area contributed by atoms with Gasteiger partial charge in [0.1, 0.15) is 0 Å². The molecule has 0 spiro atoms. The number of nitrogens with one attached hydrogen (secondary N) is 1. The van der Waals surface area contributed by atoms with E-state index < -0.39 is 0 Å². The van der Waals surface area contributed by atoms with Crippen LogP contribution in [0.5, 0.6) is 0 Å². The summed E-state index contributed by atoms with van der Waals surface area (Å²) in [7, 11) is 1.46. The van der Waals surface area contributed by atoms with E-state index in [0.29, 0.717) is 0 Å². The first-order chi connectivity index (χ1) is 9.20. The fourth-order valence-electron chi connectivity index (χ4n) is 2.98. The van der Waals surface area contributed by atoms with E-state index in [1.807, 2.05) is 6.07 Å². The molecule has 3 nitrogen and oxygen atoms in total. The number of rotatable bonds is 1. The lowest BCUT2D eigenvalue weighted by Gasteiger charge is -2.11. The van der Waals surface area contributed by atoms with E-state index in [1.165, 1.54) is 18.1 Å². The van der Waals surface area contributed by atoms with Crippen LogP contribution in [0.25, 0.3) is 10.9 Å². The van der Waals surface area contributed by atoms with Gasteiger partial charge in [0.15, 0.2) is 0 Å². The fraction of sp³-hybridized carbons (Fsp3) is 0.400. The van der Waals surface area contributed by atoms with E-state index in [1.54, 1.807) is 0 Å². The number of benzene rings is 1. The number of aromatic amines is 1. The Labute approximate surface area is 120 Å². The molecule has 0 saturated heterocycles. The van der Waals surface area contributed by atoms with E-state index in [2.05, 4.69) is 33.0 Å². The highest BCUT2D eigenvalue weighted by molar-refractivity contribution is 9.10. The number of hydrogen-bond acceptors (Lipinski definition) is 2. The van der Waals surface area contributed by atoms with Crippen molar-refractivity contribution >= 4 is 32.8 Å². The molecule has 1 atom stereocenters. The van der Waals surface area contributed by atoms with Gasteiger partial charge in [0.05, 0.1) is 13.0 Å². The van der Waals surface area contributed by atoms with Crippen LogP contribution < -0.4 is 0 Å². The van der Waals surface area contributed by atoms with Crippen molar-refractivity contribution in [2.75, 3.05) is 7.11 Å². The molecule has 2 aromatic rings. The predicted octanol–water partition coefficient (Wildman–Crippen LogP) is 3.91. The highest BCUT2D eigenvalue weighted by atomic mass is 79.9. The van der Waals surface area contributed by atoms with Crippen molar-refractivity contribution in [3.8, 4) is 0 Å². The summed E-state index contributed by atoms with van der Waals surface area (Å²) in [5.41, 5.74) is 3.44. The quantitative estimate of drug-likeness (QED) is 0.639. The van der Waals surface area contributed by atoms with Gasteiger partial charge in [-0.15, -0.1) is 0 Å². The number of esters is 1. The Hall–Kier alpha value is -1.29. The molecule has 1 aromatic carbocycles. The third kappa shape index (κ3) is 2.18. The molecule has 1 aliphatic carbocycles. The monoisotopic (exact) mass is 321 g/mol. The van der Waals surface area contributed by atoms with Crippen LogP contribution >= 0.6 is 15.9 Å². The fourth-order valence-corrected chi connectivity index (χ4v) is 3.34. The lowest BCUT2D eigenvalue weighted by atomic mass is 9.99. The van der Waals surface area contributed by atoms with Crippen molar-refractivity contribution < 1.29 is 9.53 Å². The number of methoxy groups -OCH3 is 1. The van der Waals surface area contributed by atoms with Crippen LogP contribution in [0.3, 0.4) is 0 Å². The van der Waals surface area contributed by atoms with Crippen LogP contribution in [0.4, 0.5) is 0 Å². The topological polar surface area (TPSA) is 42.1 Å². The minimum Gasteiger partial charge on any atom is -0.469 e. The molecule has 19 heavy (non-hydrogen) atoms. The Kier molecular flexibility index (Phi) is 3.35. The van der Waals surface area contributed by atoms with Gasteiger partial charge >= 0.3 is 5.97 Å². The summed E-state index contributed by atoms with van der Waals surface area (Å²) in [5, 5.41) is 1.22. The molecule has 0 aliphatic heterocycles. The first-order valence-electron chi connectivity index (χ1n) is 6.58. The molecule has 1 N–H and O–H groups in total. The molecule has 100 valence electrons. The second kappa shape index (κ2) is 5.00. The summed E-state index contributed by atoms with van der Waals surface area (Å²) < 4.78 is 6.02. The third-order valence-corrected chi connectivity index (χ3v) is 4.40. The molecule has 3 rings (SSSR count). The number of halogens is 1. The highest BCUT2D eigenvalue weighted by Gasteiger charge is 2.28. The van der Waals surface area contributed by atoms with E-state index >= 15 is 0 Å². The van der Waals surface area contributed by atoms with E-state index in [-0.39, 0.29) is 11.9 Å². The largest absolute Gasteiger partial charge is 0.469 e. The summed E-state index contributed by atoms with van der Waals surface area (Å²) in [5.74, 6) is -0.276. The molecule has 1 aliphatic rings. The van der Waals surface area contributed by atoms with Gasteiger partial charge < -0.3 is 9.72 Å². The average molecular weight is 322 g/mol. The van der Waals surface area contributed by atoms with Crippen LogP contribution in [0, 0.1) is 0 Å². The number of ether oxygens (including phenoxy) is 1. The van der Waals surface area contributed by atoms with Gasteiger partial charge in [-0.05, 0) is 43.0 Å². The summed E-state index contributed by atoms with van der Waals surface area (Å²) >= 11 is 3.52. The Balaban J connectivity index is 2.19. The molecular weight excluding hydrogens is 306 g/mol. The van der Waals surface area contributed by atoms with E-state index in [4.69, 9.17) is 4.74 Å². The molecule has 1 unspecified atom stereocenters. The minimum atomic E-state index is -0.145. The second-order valence-electron chi connectivity index (χ2n) is 5.03. The van der Waals surface area contributed by atoms with Crippen molar-refractivity contribution in [2.24, 2.45) is 0 Å². The summed E-state index contributed by atoms with van der Waals surface area (Å²) in [6, 6.07) is 6.21. The van der Waals surface area contributed by atoms with E-state index in [0.717, 1.165) is 41.4 Å². The number of carbonyl (C=O) groups excluding carboxylic acids is 1. The molecule has 0 saturated carbocycles. The van der Waals surface area contributed by atoms with Crippen LogP contribution in [0.15, 0.2) is 22.7 Å². The van der Waals surface area contributed by atoms with Crippen molar-refractivity contribution in [3.05, 3.63) is 33.9 Å². The third-order valence-electron chi connectivity index (χ3n) is 3.90. The molecule has 0 fully saturated rings. The van der Waals surface area contributed by atoms with Crippen LogP contribution in [-0.4, -0.2) is 18.1 Å². The Morgan fingerprint density at radius 1 is 1.42 bits per heavy atom. The second-order valence-corrected chi connectivity index (χ2v) is 5.94. The number of H-pyrrole nitrogens is 1. The molecule has 0 amide bonds. The summed E-state index contributed by atoms with van der Waals surface area (Å²) in [6.45, 7) is 0. The first kappa shape index (κ1) is 12.7. The van der Waals surface area contributed by atoms with Crippen molar-refractivity contribution in [2.45, 2.75) is 31.6 Å². The molecule has 0 bridgehead atoms. The molecule has 1 heterocycles. The van der Waals surface area contributed by atoms with Crippen LogP contribution in [-0.2, 0) is 16.0 Å². The number of carbonyl (C=O) groups is 1. The standard InChI is InChI=1S/C15H16BrNO2/c1-19-15(18)11-5-3-2-4-10-12-8-9(16)6-7-13(12)17-14(10)11/h6-8,11,17H,2-5H2,1H3. The van der Waals surface area contributed by atoms with Gasteiger partial charge in [-0.1, -0.05) is 22.4 Å². The summed E-state index contributed by atoms with van der Waals surface area (Å²) in [4.78, 5) is 15.4. The number of fused-ring (bicyclic) bond motifs is 3. The van der Waals surface area contributed by atoms with Gasteiger partial charge in [0, 0.05) is 21.1 Å². The van der Waals surface area contributed by atoms with Crippen LogP contribution in [0.2, 0.25) is 0 Å². The highest BCUT2D eigenvalue weighted by Crippen LogP contribution is 2.36. The smallest absolute Gasteiger partial charge is 0.314 e. The zero-order valence-electron chi connectivity index (χ0n) is 10.8. The Morgan fingerprint density at radius 3 is 3.05 bits per heavy atom. The predicted molar refractivity (Wildman–Crippen MR) is 78.3 cm³/mol. The maximum absolute atomic E-state index is 12.0. The van der Waals surface area contributed by atoms with Gasteiger partial charge in [0.25, 0.3) is 0 Å². The molecular formula is C15H16BrNO2. The van der Waals surface area contributed by atoms with E-state index in [9.17, 15) is 4.79 Å². The lowest BCUT2D eigenvalue weighted by Crippen LogP contribution is -2.14. The normalized spacial score (nSPS) is 18.9. The zero-order chi connectivity index (χ0) is 13.4. The van der Waals surface area contributed by atoms with Crippen molar-refractivity contribution in [3.63, 3.8) is 0 Å². The SMILES string of the molecule is COC(=O)C1CCCCc2c1[nH]c1ccc(Br)cc21. The number of aromatic nitrogens is 1. The van der Waals surface area contributed by atoms with Crippen molar-refractivity contribution in [1.82, 2.24) is 4.98 Å². The van der Waals surface area contributed by atoms with Gasteiger partial charge in [-0.3, -0.25) is 4.79 Å². The van der Waals surface area contributed by atoms with Crippen LogP contribution in [0.1, 0.15) is 36.4 Å². The Bertz CT molecular complexity index is 632. The number of aryl methyl sites for hydroxylation is 1. The Morgan fingerprint density at radius 2 is 2.26 bits per heavy atom. The van der Waals surface area contributed by atoms with Gasteiger partial charge in [-0.25, -0.2) is 0 Å².